The summed E-state index contributed by atoms with van der Waals surface area (Å²) in [6.07, 6.45) is -3.72. The molecule has 0 bridgehead atoms. The highest BCUT2D eigenvalue weighted by molar-refractivity contribution is 6.03. The summed E-state index contributed by atoms with van der Waals surface area (Å²) in [7, 11) is 1.06. The van der Waals surface area contributed by atoms with E-state index in [0.29, 0.717) is 5.56 Å². The van der Waals surface area contributed by atoms with E-state index in [-0.39, 0.29) is 6.61 Å². The summed E-state index contributed by atoms with van der Waals surface area (Å²) < 4.78 is 47.6. The monoisotopic (exact) mass is 409 g/mol. The average molecular weight is 409 g/mol. The molecule has 1 unspecified atom stereocenters. The zero-order valence-electron chi connectivity index (χ0n) is 15.4. The van der Waals surface area contributed by atoms with Gasteiger partial charge in [0.2, 0.25) is 16.9 Å². The fourth-order valence-electron chi connectivity index (χ4n) is 2.08. The molecule has 1 heterocycles. The van der Waals surface area contributed by atoms with E-state index in [2.05, 4.69) is 14.6 Å². The molecule has 1 aromatic heterocycles. The summed E-state index contributed by atoms with van der Waals surface area (Å²) in [6, 6.07) is 10.3. The van der Waals surface area contributed by atoms with Crippen molar-refractivity contribution in [3.05, 3.63) is 68.4 Å². The van der Waals surface area contributed by atoms with Crippen molar-refractivity contribution in [1.29, 1.82) is 0 Å². The Balaban J connectivity index is 2.44. The van der Waals surface area contributed by atoms with Gasteiger partial charge in [0, 0.05) is 11.0 Å². The van der Waals surface area contributed by atoms with Crippen LogP contribution in [0.2, 0.25) is 0 Å². The standard InChI is InChI=1S/C19H15F3N2O5/c1-11(19(20,21)22)8-24-17(26)14-16(29-10-12-6-4-3-5-7-12)15(25)13(9-23-14)18(27)28-2/h3-7,9,11H,10H2,1-2H3/p+1. The second-order valence-corrected chi connectivity index (χ2v) is 5.81. The lowest BCUT2D eigenvalue weighted by molar-refractivity contribution is -0.153. The molecule has 0 spiro atoms. The van der Waals surface area contributed by atoms with E-state index in [1.165, 1.54) is 0 Å². The Morgan fingerprint density at radius 2 is 1.90 bits per heavy atom. The molecular weight excluding hydrogens is 393 g/mol. The van der Waals surface area contributed by atoms with Gasteiger partial charge >= 0.3 is 18.1 Å². The highest BCUT2D eigenvalue weighted by atomic mass is 19.4. The molecule has 0 fully saturated rings. The summed E-state index contributed by atoms with van der Waals surface area (Å²) in [5, 5.41) is 0. The number of hydrogen-bond acceptors (Lipinski definition) is 5. The lowest BCUT2D eigenvalue weighted by Gasteiger charge is -2.08. The summed E-state index contributed by atoms with van der Waals surface area (Å²) in [5.74, 6) is -4.85. The Hall–Kier alpha value is -3.61. The van der Waals surface area contributed by atoms with Gasteiger partial charge in [0.1, 0.15) is 12.2 Å². The number of aromatic amines is 1. The Kier molecular flexibility index (Phi) is 6.77. The van der Waals surface area contributed by atoms with Gasteiger partial charge < -0.3 is 14.5 Å². The van der Waals surface area contributed by atoms with Crippen molar-refractivity contribution in [3.8, 4) is 11.8 Å². The summed E-state index contributed by atoms with van der Waals surface area (Å²) in [5.41, 5.74) is -1.27. The van der Waals surface area contributed by atoms with Crippen molar-refractivity contribution in [2.45, 2.75) is 19.7 Å². The number of benzene rings is 1. The van der Waals surface area contributed by atoms with Gasteiger partial charge in [0.15, 0.2) is 5.92 Å². The second kappa shape index (κ2) is 9.05. The molecule has 0 aliphatic heterocycles. The van der Waals surface area contributed by atoms with E-state index in [1.54, 1.807) is 36.4 Å². The molecule has 152 valence electrons. The van der Waals surface area contributed by atoms with Crippen LogP contribution in [0.15, 0.2) is 41.3 Å². The van der Waals surface area contributed by atoms with Crippen molar-refractivity contribution < 1.29 is 32.2 Å². The zero-order valence-corrected chi connectivity index (χ0v) is 15.4. The number of aromatic nitrogens is 1. The molecule has 0 saturated carbocycles. The Morgan fingerprint density at radius 1 is 1.24 bits per heavy atom. The number of amides is 1. The van der Waals surface area contributed by atoms with Crippen LogP contribution in [0.4, 0.5) is 13.2 Å². The molecule has 2 aromatic rings. The molecule has 1 aromatic carbocycles. The number of halogens is 3. The summed E-state index contributed by atoms with van der Waals surface area (Å²) >= 11 is 0. The van der Waals surface area contributed by atoms with Crippen LogP contribution in [0.25, 0.3) is 4.85 Å². The van der Waals surface area contributed by atoms with Crippen LogP contribution in [0.5, 0.6) is 5.75 Å². The third-order valence-electron chi connectivity index (χ3n) is 3.73. The van der Waals surface area contributed by atoms with Crippen LogP contribution in [0.3, 0.4) is 0 Å². The van der Waals surface area contributed by atoms with Gasteiger partial charge in [-0.3, -0.25) is 4.79 Å². The predicted octanol–water partition coefficient (Wildman–Crippen LogP) is 3.41. The van der Waals surface area contributed by atoms with Gasteiger partial charge in [-0.05, 0) is 12.5 Å². The van der Waals surface area contributed by atoms with E-state index < -0.39 is 46.4 Å². The second-order valence-electron chi connectivity index (χ2n) is 5.81. The number of pyridine rings is 1. The lowest BCUT2D eigenvalue weighted by atomic mass is 10.2. The first kappa shape index (κ1) is 21.7. The number of carbonyl (C=O) groups is 2. The van der Waals surface area contributed by atoms with E-state index in [0.717, 1.165) is 20.2 Å². The number of rotatable bonds is 5. The minimum atomic E-state index is -4.63. The molecule has 2 rings (SSSR count). The number of methoxy groups -OCH3 is 1. The minimum absolute atomic E-state index is 0.138. The van der Waals surface area contributed by atoms with Gasteiger partial charge in [-0.1, -0.05) is 30.3 Å². The number of H-pyrrole nitrogens is 1. The third kappa shape index (κ3) is 5.44. The molecular formula is C19H16F3N2O5+. The quantitative estimate of drug-likeness (QED) is 0.765. The molecule has 29 heavy (non-hydrogen) atoms. The Morgan fingerprint density at radius 3 is 2.48 bits per heavy atom. The van der Waals surface area contributed by atoms with E-state index in [4.69, 9.17) is 4.74 Å². The number of hydrogen-bond donors (Lipinski definition) is 1. The molecule has 7 nitrogen and oxygen atoms in total. The summed E-state index contributed by atoms with van der Waals surface area (Å²) in [4.78, 5) is 42.1. The van der Waals surface area contributed by atoms with Gasteiger partial charge in [-0.2, -0.15) is 18.0 Å². The Labute approximate surface area is 162 Å². The maximum Gasteiger partial charge on any atom is 0.567 e. The molecule has 0 aliphatic rings. The van der Waals surface area contributed by atoms with Gasteiger partial charge in [-0.15, -0.1) is 0 Å². The third-order valence-corrected chi connectivity index (χ3v) is 3.73. The topological polar surface area (TPSA) is 89.8 Å². The van der Waals surface area contributed by atoms with Crippen LogP contribution in [-0.2, 0) is 11.3 Å². The number of nitrogens with one attached hydrogen (secondary N) is 1. The number of nitrogens with zero attached hydrogens (tertiary/aromatic N) is 1. The van der Waals surface area contributed by atoms with E-state index >= 15 is 0 Å². The average Bonchev–Trinajstić information content (AvgIpc) is 2.70. The molecule has 0 radical (unpaired) electrons. The van der Waals surface area contributed by atoms with Crippen molar-refractivity contribution in [2.75, 3.05) is 7.11 Å². The smallest absolute Gasteiger partial charge is 0.482 e. The van der Waals surface area contributed by atoms with Crippen molar-refractivity contribution in [2.24, 2.45) is 5.92 Å². The maximum atomic E-state index is 12.6. The largest absolute Gasteiger partial charge is 0.567 e. The fraction of sp³-hybridized carbons (Fsp3) is 0.263. The normalized spacial score (nSPS) is 11.8. The first-order chi connectivity index (χ1) is 13.6. The zero-order chi connectivity index (χ0) is 21.6. The predicted molar refractivity (Wildman–Crippen MR) is 96.0 cm³/mol. The highest BCUT2D eigenvalue weighted by Crippen LogP contribution is 2.25. The highest BCUT2D eigenvalue weighted by Gasteiger charge is 2.40. The molecule has 1 atom stereocenters. The first-order valence-corrected chi connectivity index (χ1v) is 8.23. The van der Waals surface area contributed by atoms with Crippen LogP contribution in [0.1, 0.15) is 33.3 Å². The van der Waals surface area contributed by atoms with E-state index in [9.17, 15) is 27.6 Å². The van der Waals surface area contributed by atoms with Gasteiger partial charge in [0.05, 0.1) is 7.11 Å². The molecule has 0 saturated heterocycles. The summed E-state index contributed by atoms with van der Waals surface area (Å²) in [6.45, 7) is 0.633. The number of esters is 1. The van der Waals surface area contributed by atoms with Crippen molar-refractivity contribution in [1.82, 2.24) is 4.98 Å². The first-order valence-electron chi connectivity index (χ1n) is 8.23. The number of carbonyl (C=O) groups excluding carboxylic acids is 2. The van der Waals surface area contributed by atoms with Crippen LogP contribution in [0, 0.1) is 12.0 Å². The van der Waals surface area contributed by atoms with Gasteiger partial charge in [0.25, 0.3) is 6.07 Å². The number of alkyl halides is 3. The maximum absolute atomic E-state index is 12.6. The van der Waals surface area contributed by atoms with Crippen LogP contribution < -0.4 is 10.2 Å². The molecule has 1 amide bonds. The van der Waals surface area contributed by atoms with Crippen LogP contribution >= 0.6 is 0 Å². The number of ether oxygens (including phenoxy) is 2. The van der Waals surface area contributed by atoms with Gasteiger partial charge in [-0.25, -0.2) is 4.79 Å². The SMILES string of the molecule is COC(=O)c1c[nH]c(C(=O)[N+]#CC(C)C(F)(F)F)c(OCc2ccccc2)c1=O. The van der Waals surface area contributed by atoms with Crippen molar-refractivity contribution >= 4 is 11.9 Å². The lowest BCUT2D eigenvalue weighted by Crippen LogP contribution is -2.22. The van der Waals surface area contributed by atoms with E-state index in [1.807, 2.05) is 0 Å². The van der Waals surface area contributed by atoms with Crippen LogP contribution in [-0.4, -0.2) is 30.1 Å². The fourth-order valence-corrected chi connectivity index (χ4v) is 2.08. The van der Waals surface area contributed by atoms with Crippen molar-refractivity contribution in [3.63, 3.8) is 0 Å². The minimum Gasteiger partial charge on any atom is -0.482 e. The Bertz CT molecular complexity index is 1020. The molecule has 10 heteroatoms. The molecule has 1 N–H and O–H groups in total. The molecule has 0 aliphatic carbocycles.